The van der Waals surface area contributed by atoms with E-state index in [1.165, 1.54) is 0 Å². The summed E-state index contributed by atoms with van der Waals surface area (Å²) >= 11 is 0. The Labute approximate surface area is 183 Å². The number of benzene rings is 1. The van der Waals surface area contributed by atoms with Gasteiger partial charge in [-0.3, -0.25) is 4.79 Å². The molecule has 1 N–H and O–H groups in total. The molecule has 168 valence electrons. The number of aliphatic hydroxyl groups is 1. The van der Waals surface area contributed by atoms with Crippen LogP contribution in [0.2, 0.25) is 0 Å². The highest BCUT2D eigenvalue weighted by Crippen LogP contribution is 2.24. The van der Waals surface area contributed by atoms with Crippen molar-refractivity contribution < 1.29 is 19.4 Å². The molecule has 0 amide bonds. The summed E-state index contributed by atoms with van der Waals surface area (Å²) < 4.78 is 10.1. The second-order valence-electron chi connectivity index (χ2n) is 5.43. The van der Waals surface area contributed by atoms with E-state index in [1.54, 1.807) is 26.4 Å². The zero-order chi connectivity index (χ0) is 23.8. The van der Waals surface area contributed by atoms with Crippen molar-refractivity contribution in [3.8, 4) is 5.75 Å². The minimum absolute atomic E-state index is 0.0626. The zero-order valence-corrected chi connectivity index (χ0v) is 19.7. The number of aliphatic hydroxyl groups excluding tert-OH is 1. The van der Waals surface area contributed by atoms with Gasteiger partial charge in [0.2, 0.25) is 0 Å². The molecule has 0 saturated carbocycles. The van der Waals surface area contributed by atoms with Crippen LogP contribution in [-0.2, 0) is 4.74 Å². The first kappa shape index (κ1) is 32.0. The molecule has 2 rings (SSSR count). The lowest BCUT2D eigenvalue weighted by atomic mass is 10.0. The molecule has 30 heavy (non-hydrogen) atoms. The van der Waals surface area contributed by atoms with Crippen LogP contribution in [-0.4, -0.2) is 38.3 Å². The number of hydrogen-bond acceptors (Lipinski definition) is 4. The quantitative estimate of drug-likeness (QED) is 0.445. The third kappa shape index (κ3) is 16.3. The van der Waals surface area contributed by atoms with Crippen molar-refractivity contribution in [2.75, 3.05) is 21.3 Å². The van der Waals surface area contributed by atoms with Crippen molar-refractivity contribution in [1.82, 2.24) is 0 Å². The third-order valence-electron chi connectivity index (χ3n) is 2.97. The maximum Gasteiger partial charge on any atom is 0.170 e. The number of Topliss-reactive ketones (excluding diaryl/α,β-unsaturated/α-hetero) is 1. The molecule has 4 heteroatoms. The smallest absolute Gasteiger partial charge is 0.170 e. The molecule has 1 aliphatic rings. The Hall–Kier alpha value is -2.69. The number of methoxy groups -OCH3 is 1. The maximum atomic E-state index is 12.3. The van der Waals surface area contributed by atoms with Gasteiger partial charge in [0.15, 0.2) is 5.78 Å². The van der Waals surface area contributed by atoms with Crippen LogP contribution in [0.3, 0.4) is 0 Å². The van der Waals surface area contributed by atoms with Gasteiger partial charge in [-0.15, -0.1) is 6.58 Å². The number of allylic oxidation sites excluding steroid dienone is 6. The number of rotatable bonds is 2. The van der Waals surface area contributed by atoms with Gasteiger partial charge >= 0.3 is 0 Å². The molecule has 1 unspecified atom stereocenters. The van der Waals surface area contributed by atoms with Gasteiger partial charge in [-0.1, -0.05) is 69.0 Å². The Kier molecular flexibility index (Phi) is 26.0. The van der Waals surface area contributed by atoms with Crippen molar-refractivity contribution in [2.45, 2.75) is 40.2 Å². The maximum absolute atomic E-state index is 12.3. The number of ketones is 1. The summed E-state index contributed by atoms with van der Waals surface area (Å²) in [5, 5.41) is 7.00. The van der Waals surface area contributed by atoms with Gasteiger partial charge in [0.05, 0.1) is 5.56 Å². The van der Waals surface area contributed by atoms with Crippen molar-refractivity contribution in [3.63, 3.8) is 0 Å². The molecule has 1 atom stereocenters. The summed E-state index contributed by atoms with van der Waals surface area (Å²) in [6.07, 6.45) is 15.1. The highest BCUT2D eigenvalue weighted by molar-refractivity contribution is 6.00. The van der Waals surface area contributed by atoms with Gasteiger partial charge in [0, 0.05) is 27.8 Å². The molecule has 0 bridgehead atoms. The summed E-state index contributed by atoms with van der Waals surface area (Å²) in [7, 11) is 4.25. The minimum Gasteiger partial charge on any atom is -0.486 e. The first-order chi connectivity index (χ1) is 14.5. The van der Waals surface area contributed by atoms with Crippen molar-refractivity contribution in [3.05, 3.63) is 85.0 Å². The van der Waals surface area contributed by atoms with E-state index in [9.17, 15) is 4.79 Å². The summed E-state index contributed by atoms with van der Waals surface area (Å²) in [6.45, 7) is 14.8. The summed E-state index contributed by atoms with van der Waals surface area (Å²) in [4.78, 5) is 12.3. The SMILES string of the molecule is C=C/C=C\c1ccc2c(c1)C(=O)C/C=C\C=C/C(C)O2.C=CC.CC.CO.COC. The lowest BCUT2D eigenvalue weighted by Crippen LogP contribution is -2.12. The largest absolute Gasteiger partial charge is 0.486 e. The van der Waals surface area contributed by atoms with E-state index >= 15 is 0 Å². The fraction of sp³-hybridized carbons (Fsp3) is 0.346. The normalized spacial score (nSPS) is 16.0. The molecule has 1 aromatic rings. The van der Waals surface area contributed by atoms with E-state index in [1.807, 2.05) is 82.4 Å². The van der Waals surface area contributed by atoms with Crippen LogP contribution < -0.4 is 4.74 Å². The highest BCUT2D eigenvalue weighted by atomic mass is 16.5. The Balaban J connectivity index is -0.000000626. The van der Waals surface area contributed by atoms with Crippen molar-refractivity contribution in [1.29, 1.82) is 0 Å². The third-order valence-corrected chi connectivity index (χ3v) is 2.97. The van der Waals surface area contributed by atoms with E-state index in [-0.39, 0.29) is 11.9 Å². The number of ether oxygens (including phenoxy) is 2. The van der Waals surface area contributed by atoms with Crippen LogP contribution in [0.4, 0.5) is 0 Å². The number of carbonyl (C=O) groups is 1. The van der Waals surface area contributed by atoms with Crippen LogP contribution in [0.15, 0.2) is 73.9 Å². The van der Waals surface area contributed by atoms with Gasteiger partial charge < -0.3 is 14.6 Å². The van der Waals surface area contributed by atoms with Gasteiger partial charge in [0.25, 0.3) is 0 Å². The van der Waals surface area contributed by atoms with Crippen LogP contribution in [0.1, 0.15) is 50.0 Å². The predicted octanol–water partition coefficient (Wildman–Crippen LogP) is 6.44. The molecule has 0 aromatic heterocycles. The number of carbonyl (C=O) groups excluding carboxylic acids is 1. The van der Waals surface area contributed by atoms with Crippen LogP contribution in [0.5, 0.6) is 5.75 Å². The van der Waals surface area contributed by atoms with E-state index in [0.717, 1.165) is 12.7 Å². The van der Waals surface area contributed by atoms with Gasteiger partial charge in [0.1, 0.15) is 11.9 Å². The average molecular weight is 417 g/mol. The molecule has 0 saturated heterocycles. The molecule has 0 aliphatic carbocycles. The van der Waals surface area contributed by atoms with Crippen LogP contribution in [0, 0.1) is 0 Å². The van der Waals surface area contributed by atoms with E-state index in [0.29, 0.717) is 17.7 Å². The second kappa shape index (κ2) is 24.3. The summed E-state index contributed by atoms with van der Waals surface area (Å²) in [6, 6.07) is 5.65. The first-order valence-corrected chi connectivity index (χ1v) is 9.92. The molecule has 0 radical (unpaired) electrons. The molecular formula is C26H40O4. The number of fused-ring (bicyclic) bond motifs is 1. The highest BCUT2D eigenvalue weighted by Gasteiger charge is 2.14. The summed E-state index contributed by atoms with van der Waals surface area (Å²) in [5.41, 5.74) is 1.59. The molecule has 1 aromatic carbocycles. The molecule has 0 spiro atoms. The number of hydrogen-bond donors (Lipinski definition) is 1. The molecular weight excluding hydrogens is 376 g/mol. The fourth-order valence-electron chi connectivity index (χ4n) is 1.97. The molecule has 1 heterocycles. The topological polar surface area (TPSA) is 55.8 Å². The fourth-order valence-corrected chi connectivity index (χ4v) is 1.97. The lowest BCUT2D eigenvalue weighted by Gasteiger charge is -2.15. The first-order valence-electron chi connectivity index (χ1n) is 9.92. The Morgan fingerprint density at radius 2 is 1.73 bits per heavy atom. The molecule has 1 aliphatic heterocycles. The average Bonchev–Trinajstić information content (AvgIpc) is 2.76. The van der Waals surface area contributed by atoms with Gasteiger partial charge in [-0.25, -0.2) is 0 Å². The standard InChI is InChI=1S/C18H18O2.C3H6.C2H6O.C2H6.CH4O/c1-3-4-9-15-11-12-18-16(13-15)17(19)10-7-5-6-8-14(2)20-18;2*1-3-2;2*1-2/h3-9,11-14H,1,10H2,2H3;3H,1H2,2H3;1-2H3;1-2H3;2H,1H3/b7-5-,8-6-,9-4-;;;;. The molecule has 0 fully saturated rings. The Bertz CT molecular complexity index is 655. The second-order valence-corrected chi connectivity index (χ2v) is 5.43. The van der Waals surface area contributed by atoms with E-state index in [2.05, 4.69) is 17.9 Å². The monoisotopic (exact) mass is 416 g/mol. The van der Waals surface area contributed by atoms with Gasteiger partial charge in [-0.2, -0.15) is 0 Å². The van der Waals surface area contributed by atoms with Crippen LogP contribution >= 0.6 is 0 Å². The zero-order valence-electron chi connectivity index (χ0n) is 19.7. The van der Waals surface area contributed by atoms with Crippen molar-refractivity contribution in [2.24, 2.45) is 0 Å². The lowest BCUT2D eigenvalue weighted by molar-refractivity contribution is 0.0990. The summed E-state index contributed by atoms with van der Waals surface area (Å²) in [5.74, 6) is 0.700. The van der Waals surface area contributed by atoms with Gasteiger partial charge in [-0.05, 0) is 37.6 Å². The Morgan fingerprint density at radius 1 is 1.17 bits per heavy atom. The Morgan fingerprint density at radius 3 is 2.27 bits per heavy atom. The predicted molar refractivity (Wildman–Crippen MR) is 131 cm³/mol. The molecule has 4 nitrogen and oxygen atoms in total. The van der Waals surface area contributed by atoms with E-state index in [4.69, 9.17) is 9.84 Å². The van der Waals surface area contributed by atoms with Crippen molar-refractivity contribution >= 4 is 11.9 Å². The minimum atomic E-state index is -0.0705. The van der Waals surface area contributed by atoms with Crippen LogP contribution in [0.25, 0.3) is 6.08 Å². The van der Waals surface area contributed by atoms with E-state index < -0.39 is 0 Å².